The molecule has 1 aliphatic carbocycles. The van der Waals surface area contributed by atoms with Crippen LogP contribution in [0.2, 0.25) is 0 Å². The smallest absolute Gasteiger partial charge is 0.214 e. The molecule has 0 saturated heterocycles. The topological polar surface area (TPSA) is 20.3 Å². The van der Waals surface area contributed by atoms with E-state index in [-0.39, 0.29) is 0 Å². The Labute approximate surface area is 84.5 Å². The van der Waals surface area contributed by atoms with Gasteiger partial charge in [0.15, 0.2) is 0 Å². The molecule has 1 radical (unpaired) electrons. The molecule has 1 aromatic rings. The van der Waals surface area contributed by atoms with E-state index in [0.717, 1.165) is 24.9 Å². The Morgan fingerprint density at radius 1 is 1.36 bits per heavy atom. The Bertz CT molecular complexity index is 290. The number of nitrogens with zero attached hydrogens (tertiary/aromatic N) is 1. The predicted octanol–water partition coefficient (Wildman–Crippen LogP) is 2.39. The number of carbonyl (C=O) groups is 1. The van der Waals surface area contributed by atoms with Crippen molar-refractivity contribution in [3.05, 3.63) is 30.3 Å². The molecule has 1 aliphatic rings. The number of amides is 1. The summed E-state index contributed by atoms with van der Waals surface area (Å²) in [5.41, 5.74) is 0.898. The van der Waals surface area contributed by atoms with E-state index >= 15 is 0 Å². The van der Waals surface area contributed by atoms with Crippen LogP contribution in [0.1, 0.15) is 25.7 Å². The molecule has 0 atom stereocenters. The van der Waals surface area contributed by atoms with Crippen LogP contribution < -0.4 is 4.90 Å². The lowest BCUT2D eigenvalue weighted by molar-refractivity contribution is -0.107. The van der Waals surface area contributed by atoms with Gasteiger partial charge in [-0.3, -0.25) is 4.79 Å². The molecule has 0 bridgehead atoms. The van der Waals surface area contributed by atoms with Crippen LogP contribution in [0.3, 0.4) is 0 Å². The van der Waals surface area contributed by atoms with Crippen molar-refractivity contribution in [1.82, 2.24) is 0 Å². The highest BCUT2D eigenvalue weighted by atomic mass is 16.1. The lowest BCUT2D eigenvalue weighted by atomic mass is 10.2. The van der Waals surface area contributed by atoms with E-state index in [1.807, 2.05) is 29.2 Å². The van der Waals surface area contributed by atoms with Gasteiger partial charge in [0, 0.05) is 12.1 Å². The van der Waals surface area contributed by atoms with Crippen molar-refractivity contribution >= 4 is 12.1 Å². The molecular formula is C12H14NO. The van der Waals surface area contributed by atoms with Gasteiger partial charge < -0.3 is 4.90 Å². The van der Waals surface area contributed by atoms with Gasteiger partial charge in [-0.15, -0.1) is 0 Å². The molecule has 0 aromatic heterocycles. The maximum absolute atomic E-state index is 11.0. The standard InChI is InChI=1S/C12H14NO/c14-10-13(12-8-4-5-9-12)11-6-2-1-3-7-11/h1-3,6,10,12H,4-5,8-9H2. The highest BCUT2D eigenvalue weighted by Crippen LogP contribution is 2.26. The summed E-state index contributed by atoms with van der Waals surface area (Å²) in [6.07, 6.45) is 5.66. The van der Waals surface area contributed by atoms with Crippen molar-refractivity contribution in [2.45, 2.75) is 31.7 Å². The molecule has 1 amide bonds. The maximum Gasteiger partial charge on any atom is 0.214 e. The van der Waals surface area contributed by atoms with Gasteiger partial charge in [-0.05, 0) is 18.9 Å². The van der Waals surface area contributed by atoms with Crippen LogP contribution in [0.4, 0.5) is 5.69 Å². The first-order valence-corrected chi connectivity index (χ1v) is 5.12. The molecule has 1 aromatic carbocycles. The van der Waals surface area contributed by atoms with E-state index in [1.165, 1.54) is 12.8 Å². The average Bonchev–Trinajstić information content (AvgIpc) is 2.74. The quantitative estimate of drug-likeness (QED) is 0.667. The fraction of sp³-hybridized carbons (Fsp3) is 0.417. The third-order valence-electron chi connectivity index (χ3n) is 2.80. The summed E-state index contributed by atoms with van der Waals surface area (Å²) >= 11 is 0. The summed E-state index contributed by atoms with van der Waals surface area (Å²) in [6, 6.07) is 11.1. The van der Waals surface area contributed by atoms with E-state index in [4.69, 9.17) is 0 Å². The zero-order valence-corrected chi connectivity index (χ0v) is 8.15. The fourth-order valence-corrected chi connectivity index (χ4v) is 2.07. The van der Waals surface area contributed by atoms with Gasteiger partial charge in [-0.25, -0.2) is 0 Å². The van der Waals surface area contributed by atoms with E-state index < -0.39 is 0 Å². The van der Waals surface area contributed by atoms with Crippen LogP contribution in [0.5, 0.6) is 0 Å². The number of hydrogen-bond donors (Lipinski definition) is 0. The number of para-hydroxylation sites is 1. The minimum Gasteiger partial charge on any atom is -0.311 e. The molecule has 2 rings (SSSR count). The highest BCUT2D eigenvalue weighted by molar-refractivity contribution is 5.75. The zero-order chi connectivity index (χ0) is 9.80. The van der Waals surface area contributed by atoms with Crippen molar-refractivity contribution in [2.24, 2.45) is 0 Å². The lowest BCUT2D eigenvalue weighted by Crippen LogP contribution is -2.31. The molecule has 0 unspecified atom stereocenters. The van der Waals surface area contributed by atoms with Gasteiger partial charge in [-0.2, -0.15) is 0 Å². The van der Waals surface area contributed by atoms with Gasteiger partial charge in [0.2, 0.25) is 6.41 Å². The van der Waals surface area contributed by atoms with Gasteiger partial charge in [-0.1, -0.05) is 31.0 Å². The summed E-state index contributed by atoms with van der Waals surface area (Å²) in [7, 11) is 0. The molecule has 0 aliphatic heterocycles. The summed E-state index contributed by atoms with van der Waals surface area (Å²) in [6.45, 7) is 0. The number of benzene rings is 1. The first-order valence-electron chi connectivity index (χ1n) is 5.12. The molecule has 0 spiro atoms. The third kappa shape index (κ3) is 1.79. The van der Waals surface area contributed by atoms with Crippen LogP contribution in [0.25, 0.3) is 0 Å². The number of anilines is 1. The monoisotopic (exact) mass is 188 g/mol. The largest absolute Gasteiger partial charge is 0.311 e. The third-order valence-corrected chi connectivity index (χ3v) is 2.80. The number of rotatable bonds is 3. The van der Waals surface area contributed by atoms with Crippen molar-refractivity contribution in [2.75, 3.05) is 4.90 Å². The van der Waals surface area contributed by atoms with Crippen LogP contribution in [-0.2, 0) is 4.79 Å². The van der Waals surface area contributed by atoms with Crippen LogP contribution in [0, 0.1) is 6.07 Å². The number of carbonyl (C=O) groups excluding carboxylic acids is 1. The number of hydrogen-bond acceptors (Lipinski definition) is 1. The SMILES string of the molecule is O=CN(c1[c]cccc1)C1CCCC1. The molecule has 0 N–H and O–H groups in total. The normalized spacial score (nSPS) is 16.9. The Balaban J connectivity index is 2.16. The second kappa shape index (κ2) is 4.27. The van der Waals surface area contributed by atoms with Crippen molar-refractivity contribution < 1.29 is 4.79 Å². The predicted molar refractivity (Wildman–Crippen MR) is 56.1 cm³/mol. The second-order valence-corrected chi connectivity index (χ2v) is 3.70. The second-order valence-electron chi connectivity index (χ2n) is 3.70. The molecule has 2 nitrogen and oxygen atoms in total. The molecule has 1 fully saturated rings. The van der Waals surface area contributed by atoms with Crippen LogP contribution in [0.15, 0.2) is 24.3 Å². The average molecular weight is 188 g/mol. The lowest BCUT2D eigenvalue weighted by Gasteiger charge is -2.24. The Kier molecular flexibility index (Phi) is 2.82. The van der Waals surface area contributed by atoms with E-state index in [9.17, 15) is 4.79 Å². The Hall–Kier alpha value is -1.31. The molecule has 14 heavy (non-hydrogen) atoms. The minimum absolute atomic E-state index is 0.395. The van der Waals surface area contributed by atoms with Gasteiger partial charge in [0.25, 0.3) is 0 Å². The van der Waals surface area contributed by atoms with E-state index in [1.54, 1.807) is 0 Å². The summed E-state index contributed by atoms with van der Waals surface area (Å²) in [4.78, 5) is 12.8. The first kappa shape index (κ1) is 9.25. The minimum atomic E-state index is 0.395. The van der Waals surface area contributed by atoms with Crippen molar-refractivity contribution in [3.8, 4) is 0 Å². The maximum atomic E-state index is 11.0. The summed E-state index contributed by atoms with van der Waals surface area (Å²) in [5.74, 6) is 0. The molecule has 1 saturated carbocycles. The molecule has 73 valence electrons. The van der Waals surface area contributed by atoms with Gasteiger partial charge in [0.05, 0.1) is 5.69 Å². The van der Waals surface area contributed by atoms with Gasteiger partial charge >= 0.3 is 0 Å². The Morgan fingerprint density at radius 3 is 2.71 bits per heavy atom. The summed E-state index contributed by atoms with van der Waals surface area (Å²) in [5, 5.41) is 0. The fourth-order valence-electron chi connectivity index (χ4n) is 2.07. The van der Waals surface area contributed by atoms with Crippen molar-refractivity contribution in [3.63, 3.8) is 0 Å². The van der Waals surface area contributed by atoms with E-state index in [2.05, 4.69) is 6.07 Å². The molecular weight excluding hydrogens is 174 g/mol. The van der Waals surface area contributed by atoms with E-state index in [0.29, 0.717) is 6.04 Å². The Morgan fingerprint density at radius 2 is 2.14 bits per heavy atom. The summed E-state index contributed by atoms with van der Waals surface area (Å²) < 4.78 is 0. The molecule has 0 heterocycles. The first-order chi connectivity index (χ1) is 6.92. The molecule has 2 heteroatoms. The van der Waals surface area contributed by atoms with Crippen LogP contribution in [-0.4, -0.2) is 12.5 Å². The van der Waals surface area contributed by atoms with Crippen molar-refractivity contribution in [1.29, 1.82) is 0 Å². The van der Waals surface area contributed by atoms with Crippen LogP contribution >= 0.6 is 0 Å². The highest BCUT2D eigenvalue weighted by Gasteiger charge is 2.22. The van der Waals surface area contributed by atoms with Gasteiger partial charge in [0.1, 0.15) is 0 Å². The zero-order valence-electron chi connectivity index (χ0n) is 8.15.